The maximum atomic E-state index is 13.9. The van der Waals surface area contributed by atoms with Crippen molar-refractivity contribution in [2.45, 2.75) is 19.9 Å². The molecule has 0 aliphatic carbocycles. The number of ether oxygens (including phenoxy) is 1. The van der Waals surface area contributed by atoms with Gasteiger partial charge in [-0.25, -0.2) is 35.9 Å². The zero-order valence-electron chi connectivity index (χ0n) is 23.4. The number of nitrogen functional groups attached to an aromatic ring is 1. The monoisotopic (exact) mass is 628 g/mol. The zero-order valence-corrected chi connectivity index (χ0v) is 24.2. The highest BCUT2D eigenvalue weighted by atomic mass is 32.2. The molecule has 3 heterocycles. The number of carboxylic acids is 1. The van der Waals surface area contributed by atoms with Crippen molar-refractivity contribution in [3.63, 3.8) is 0 Å². The number of hydrogen-bond donors (Lipinski definition) is 3. The molecule has 0 amide bonds. The van der Waals surface area contributed by atoms with Crippen molar-refractivity contribution in [3.8, 4) is 17.2 Å². The highest BCUT2D eigenvalue weighted by molar-refractivity contribution is 7.92. The smallest absolute Gasteiger partial charge is 0.342 e. The van der Waals surface area contributed by atoms with Gasteiger partial charge in [0.15, 0.2) is 17.3 Å². The van der Waals surface area contributed by atoms with Crippen LogP contribution in [0.15, 0.2) is 82.8 Å². The number of sulfonamides is 1. The highest BCUT2D eigenvalue weighted by Gasteiger charge is 2.19. The number of benzene rings is 2. The maximum Gasteiger partial charge on any atom is 0.342 e. The molecule has 5 aromatic rings. The molecule has 13 nitrogen and oxygen atoms in total. The molecule has 4 N–H and O–H groups in total. The lowest BCUT2D eigenvalue weighted by Crippen LogP contribution is -2.41. The second-order valence-electron chi connectivity index (χ2n) is 9.67. The van der Waals surface area contributed by atoms with Crippen LogP contribution in [-0.4, -0.2) is 44.5 Å². The van der Waals surface area contributed by atoms with Crippen molar-refractivity contribution in [1.29, 1.82) is 0 Å². The van der Waals surface area contributed by atoms with Crippen LogP contribution in [0, 0.1) is 11.6 Å². The summed E-state index contributed by atoms with van der Waals surface area (Å²) in [5.74, 6) is -2.35. The molecule has 0 atom stereocenters. The van der Waals surface area contributed by atoms with Crippen LogP contribution in [0.3, 0.4) is 0 Å². The number of carboxylic acid groups (broad SMARTS) is 1. The van der Waals surface area contributed by atoms with Crippen molar-refractivity contribution in [2.75, 3.05) is 16.7 Å². The van der Waals surface area contributed by atoms with Gasteiger partial charge in [0, 0.05) is 30.1 Å². The van der Waals surface area contributed by atoms with Crippen LogP contribution in [0.1, 0.15) is 30.2 Å². The van der Waals surface area contributed by atoms with Crippen molar-refractivity contribution >= 4 is 32.9 Å². The number of pyridine rings is 1. The van der Waals surface area contributed by atoms with Crippen LogP contribution in [-0.2, 0) is 10.0 Å². The van der Waals surface area contributed by atoms with Crippen LogP contribution in [0.5, 0.6) is 11.5 Å². The topological polar surface area (TPSA) is 180 Å². The molecule has 5 rings (SSSR count). The van der Waals surface area contributed by atoms with Gasteiger partial charge in [0.1, 0.15) is 16.9 Å². The molecule has 44 heavy (non-hydrogen) atoms. The lowest BCUT2D eigenvalue weighted by molar-refractivity contribution is 0.0693. The van der Waals surface area contributed by atoms with Gasteiger partial charge in [0.25, 0.3) is 5.56 Å². The van der Waals surface area contributed by atoms with Crippen molar-refractivity contribution in [3.05, 3.63) is 111 Å². The molecule has 0 saturated carbocycles. The van der Waals surface area contributed by atoms with E-state index in [0.29, 0.717) is 5.52 Å². The molecule has 3 aromatic heterocycles. The number of carbonyl (C=O) groups is 1. The summed E-state index contributed by atoms with van der Waals surface area (Å²) >= 11 is 0. The summed E-state index contributed by atoms with van der Waals surface area (Å²) in [5, 5.41) is 13.1. The maximum absolute atomic E-state index is 13.9. The molecular weight excluding hydrogens is 602 g/mol. The molecular formula is C28H26F2N6O7S. The van der Waals surface area contributed by atoms with Crippen LogP contribution in [0.4, 0.5) is 20.2 Å². The van der Waals surface area contributed by atoms with Gasteiger partial charge >= 0.3 is 11.7 Å². The predicted molar refractivity (Wildman–Crippen MR) is 158 cm³/mol. The lowest BCUT2D eigenvalue weighted by Gasteiger charge is -2.14. The largest absolute Gasteiger partial charge is 0.477 e. The lowest BCUT2D eigenvalue weighted by atomic mass is 10.2. The van der Waals surface area contributed by atoms with E-state index in [-0.39, 0.29) is 34.6 Å². The first-order valence-electron chi connectivity index (χ1n) is 12.7. The Hall–Kier alpha value is -5.51. The second-order valence-corrected chi connectivity index (χ2v) is 11.4. The molecule has 0 aliphatic rings. The minimum absolute atomic E-state index is 0.0289. The standard InChI is InChI=1S/C14H13FN4O3S.C14H13FN2O4/c1-23(20,21)18-10-7-14(12-4-5-17-19(12)8-10)22-13-3-2-9(16)6-11(13)15;1-8(2)16-7-11(13(19)20)12(18)17(14(16)21)10-5-3-9(15)4-6-10/h2-8,18H,16H2,1H3;3-8H,1-2H3,(H,19,20). The number of nitrogens with zero attached hydrogens (tertiary/aromatic N) is 4. The van der Waals surface area contributed by atoms with Gasteiger partial charge in [-0.1, -0.05) is 0 Å². The van der Waals surface area contributed by atoms with E-state index in [1.165, 1.54) is 47.2 Å². The number of fused-ring (bicyclic) bond motifs is 1. The third-order valence-corrected chi connectivity index (χ3v) is 6.54. The van der Waals surface area contributed by atoms with E-state index in [0.717, 1.165) is 39.8 Å². The first-order valence-corrected chi connectivity index (χ1v) is 14.6. The molecule has 230 valence electrons. The number of hydrogen-bond acceptors (Lipinski definition) is 8. The van der Waals surface area contributed by atoms with E-state index >= 15 is 0 Å². The molecule has 0 aliphatic heterocycles. The van der Waals surface area contributed by atoms with Gasteiger partial charge < -0.3 is 15.6 Å². The first-order chi connectivity index (χ1) is 20.6. The molecule has 0 spiro atoms. The fourth-order valence-corrected chi connectivity index (χ4v) is 4.51. The Labute approximate surface area is 248 Å². The average Bonchev–Trinajstić information content (AvgIpc) is 3.39. The van der Waals surface area contributed by atoms with E-state index in [4.69, 9.17) is 15.6 Å². The summed E-state index contributed by atoms with van der Waals surface area (Å²) in [4.78, 5) is 35.7. The minimum atomic E-state index is -3.47. The van der Waals surface area contributed by atoms with Crippen LogP contribution >= 0.6 is 0 Å². The molecule has 0 radical (unpaired) electrons. The normalized spacial score (nSPS) is 11.2. The van der Waals surface area contributed by atoms with Gasteiger partial charge in [-0.05, 0) is 56.3 Å². The Morgan fingerprint density at radius 3 is 2.30 bits per heavy atom. The Morgan fingerprint density at radius 1 is 1.02 bits per heavy atom. The van der Waals surface area contributed by atoms with E-state index in [2.05, 4.69) is 9.82 Å². The summed E-state index contributed by atoms with van der Waals surface area (Å²) in [6.45, 7) is 3.37. The van der Waals surface area contributed by atoms with Crippen LogP contribution in [0.25, 0.3) is 11.2 Å². The number of aromatic nitrogens is 4. The van der Waals surface area contributed by atoms with E-state index in [1.54, 1.807) is 19.9 Å². The molecule has 16 heteroatoms. The number of nitrogens with two attached hydrogens (primary N) is 1. The highest BCUT2D eigenvalue weighted by Crippen LogP contribution is 2.31. The summed E-state index contributed by atoms with van der Waals surface area (Å²) < 4.78 is 60.8. The Balaban J connectivity index is 0.000000202. The number of anilines is 2. The molecule has 0 bridgehead atoms. The van der Waals surface area contributed by atoms with Gasteiger partial charge in [-0.2, -0.15) is 5.10 Å². The van der Waals surface area contributed by atoms with Crippen LogP contribution < -0.4 is 26.4 Å². The van der Waals surface area contributed by atoms with E-state index in [9.17, 15) is 31.6 Å². The van der Waals surface area contributed by atoms with E-state index in [1.807, 2.05) is 0 Å². The Kier molecular flexibility index (Phi) is 8.84. The second kappa shape index (κ2) is 12.4. The third-order valence-electron chi connectivity index (χ3n) is 5.94. The number of rotatable bonds is 7. The average molecular weight is 629 g/mol. The van der Waals surface area contributed by atoms with Gasteiger partial charge in [-0.3, -0.25) is 14.1 Å². The van der Waals surface area contributed by atoms with Crippen molar-refractivity contribution in [1.82, 2.24) is 18.7 Å². The molecule has 0 saturated heterocycles. The number of nitrogens with one attached hydrogen (secondary N) is 1. The van der Waals surface area contributed by atoms with E-state index < -0.39 is 44.4 Å². The summed E-state index contributed by atoms with van der Waals surface area (Å²) in [6.07, 6.45) is 5.06. The Morgan fingerprint density at radius 2 is 1.70 bits per heavy atom. The van der Waals surface area contributed by atoms with Gasteiger partial charge in [0.05, 0.1) is 30.0 Å². The fourth-order valence-electron chi connectivity index (χ4n) is 3.97. The fraction of sp³-hybridized carbons (Fsp3) is 0.143. The number of halogens is 2. The van der Waals surface area contributed by atoms with Gasteiger partial charge in [-0.15, -0.1) is 0 Å². The number of aromatic carboxylic acids is 1. The predicted octanol–water partition coefficient (Wildman–Crippen LogP) is 3.64. The SMILES string of the molecule is CC(C)n1cc(C(=O)O)c(=O)n(-c2ccc(F)cc2)c1=O.CS(=O)(=O)Nc1cc(Oc2ccc(N)cc2F)c2ccnn2c1. The third kappa shape index (κ3) is 7.09. The van der Waals surface area contributed by atoms with Crippen molar-refractivity contribution in [2.24, 2.45) is 0 Å². The summed E-state index contributed by atoms with van der Waals surface area (Å²) in [5.41, 5.74) is 4.55. The quantitative estimate of drug-likeness (QED) is 0.227. The van der Waals surface area contributed by atoms with Crippen LogP contribution in [0.2, 0.25) is 0 Å². The van der Waals surface area contributed by atoms with Gasteiger partial charge in [0.2, 0.25) is 10.0 Å². The molecule has 0 fully saturated rings. The Bertz CT molecular complexity index is 2090. The first kappa shape index (κ1) is 31.4. The molecule has 0 unspecified atom stereocenters. The molecule has 2 aromatic carbocycles. The zero-order chi connectivity index (χ0) is 32.3. The summed E-state index contributed by atoms with van der Waals surface area (Å²) in [7, 11) is -3.47. The minimum Gasteiger partial charge on any atom is -0.477 e. The van der Waals surface area contributed by atoms with Crippen molar-refractivity contribution < 1.29 is 31.8 Å². The summed E-state index contributed by atoms with van der Waals surface area (Å²) in [6, 6.07) is 11.5.